The van der Waals surface area contributed by atoms with Gasteiger partial charge in [-0.05, 0) is 43.2 Å². The summed E-state index contributed by atoms with van der Waals surface area (Å²) in [6, 6.07) is 8.67. The Kier molecular flexibility index (Phi) is 7.60. The van der Waals surface area contributed by atoms with E-state index in [9.17, 15) is 18.0 Å². The number of nitrogens with zero attached hydrogens (tertiary/aromatic N) is 1. The molecule has 1 heterocycles. The van der Waals surface area contributed by atoms with Gasteiger partial charge in [0, 0.05) is 18.8 Å². The van der Waals surface area contributed by atoms with Crippen molar-refractivity contribution in [3.8, 4) is 11.5 Å². The molecule has 0 bridgehead atoms. The zero-order chi connectivity index (χ0) is 23.3. The molecule has 0 saturated carbocycles. The van der Waals surface area contributed by atoms with Crippen LogP contribution >= 0.6 is 11.6 Å². The van der Waals surface area contributed by atoms with Gasteiger partial charge in [-0.3, -0.25) is 4.79 Å². The molecular weight excluding hydrogens is 460 g/mol. The van der Waals surface area contributed by atoms with E-state index in [4.69, 9.17) is 25.8 Å². The average molecular weight is 483 g/mol. The summed E-state index contributed by atoms with van der Waals surface area (Å²) in [6.45, 7) is 0.387. The normalized spacial score (nSPS) is 14.1. The van der Waals surface area contributed by atoms with Crippen LogP contribution in [0, 0.1) is 0 Å². The van der Waals surface area contributed by atoms with Crippen LogP contribution in [0.5, 0.6) is 11.5 Å². The van der Waals surface area contributed by atoms with Gasteiger partial charge in [-0.1, -0.05) is 17.7 Å². The maximum Gasteiger partial charge on any atom is 0.338 e. The van der Waals surface area contributed by atoms with Gasteiger partial charge >= 0.3 is 5.97 Å². The first-order valence-corrected chi connectivity index (χ1v) is 11.6. The SMILES string of the molecule is COc1cc(C(=O)OCC(=O)Nc2cccc(S(=O)(=O)N3CCCC3)c2)cc(Cl)c1OC. The number of benzene rings is 2. The number of carbonyl (C=O) groups is 2. The Bertz CT molecular complexity index is 1120. The van der Waals surface area contributed by atoms with Crippen molar-refractivity contribution in [1.82, 2.24) is 4.31 Å². The fourth-order valence-electron chi connectivity index (χ4n) is 3.26. The van der Waals surface area contributed by atoms with E-state index in [0.717, 1.165) is 12.8 Å². The molecule has 172 valence electrons. The summed E-state index contributed by atoms with van der Waals surface area (Å²) in [7, 11) is -0.801. The molecule has 0 aromatic heterocycles. The molecule has 1 N–H and O–H groups in total. The molecule has 9 nitrogen and oxygen atoms in total. The molecule has 3 rings (SSSR count). The van der Waals surface area contributed by atoms with Crippen LogP contribution in [0.15, 0.2) is 41.3 Å². The van der Waals surface area contributed by atoms with E-state index in [-0.39, 0.29) is 32.7 Å². The lowest BCUT2D eigenvalue weighted by atomic mass is 10.2. The Morgan fingerprint density at radius 1 is 1.09 bits per heavy atom. The van der Waals surface area contributed by atoms with Crippen LogP contribution in [0.3, 0.4) is 0 Å². The van der Waals surface area contributed by atoms with E-state index in [1.165, 1.54) is 48.9 Å². The Balaban J connectivity index is 1.63. The molecule has 0 atom stereocenters. The van der Waals surface area contributed by atoms with Gasteiger partial charge in [0.25, 0.3) is 5.91 Å². The minimum absolute atomic E-state index is 0.0825. The lowest BCUT2D eigenvalue weighted by Crippen LogP contribution is -2.28. The highest BCUT2D eigenvalue weighted by Crippen LogP contribution is 2.36. The number of rotatable bonds is 8. The number of amides is 1. The molecule has 32 heavy (non-hydrogen) atoms. The van der Waals surface area contributed by atoms with Crippen molar-refractivity contribution in [2.24, 2.45) is 0 Å². The van der Waals surface area contributed by atoms with Crippen molar-refractivity contribution in [1.29, 1.82) is 0 Å². The van der Waals surface area contributed by atoms with Crippen molar-refractivity contribution >= 4 is 39.2 Å². The highest BCUT2D eigenvalue weighted by Gasteiger charge is 2.27. The molecule has 11 heteroatoms. The van der Waals surface area contributed by atoms with Gasteiger partial charge in [-0.2, -0.15) is 4.31 Å². The number of ether oxygens (including phenoxy) is 3. The van der Waals surface area contributed by atoms with Crippen LogP contribution in [-0.4, -0.2) is 58.5 Å². The van der Waals surface area contributed by atoms with Crippen molar-refractivity contribution in [3.05, 3.63) is 47.0 Å². The van der Waals surface area contributed by atoms with Gasteiger partial charge in [-0.15, -0.1) is 0 Å². The lowest BCUT2D eigenvalue weighted by molar-refractivity contribution is -0.119. The average Bonchev–Trinajstić information content (AvgIpc) is 3.33. The maximum atomic E-state index is 12.7. The zero-order valence-electron chi connectivity index (χ0n) is 17.6. The molecule has 1 aliphatic heterocycles. The zero-order valence-corrected chi connectivity index (χ0v) is 19.2. The number of nitrogens with one attached hydrogen (secondary N) is 1. The van der Waals surface area contributed by atoms with Crippen molar-refractivity contribution < 1.29 is 32.2 Å². The third-order valence-corrected chi connectivity index (χ3v) is 7.00. The highest BCUT2D eigenvalue weighted by molar-refractivity contribution is 7.89. The Morgan fingerprint density at radius 3 is 2.47 bits per heavy atom. The Morgan fingerprint density at radius 2 is 1.81 bits per heavy atom. The van der Waals surface area contributed by atoms with E-state index < -0.39 is 28.5 Å². The first-order valence-electron chi connectivity index (χ1n) is 9.75. The minimum Gasteiger partial charge on any atom is -0.493 e. The molecule has 0 radical (unpaired) electrons. The monoisotopic (exact) mass is 482 g/mol. The number of esters is 1. The third-order valence-electron chi connectivity index (χ3n) is 4.82. The molecular formula is C21H23ClN2O7S. The molecule has 0 aliphatic carbocycles. The van der Waals surface area contributed by atoms with Crippen LogP contribution in [0.25, 0.3) is 0 Å². The van der Waals surface area contributed by atoms with Crippen LogP contribution in [0.2, 0.25) is 5.02 Å². The number of hydrogen-bond donors (Lipinski definition) is 1. The number of methoxy groups -OCH3 is 2. The summed E-state index contributed by atoms with van der Waals surface area (Å²) in [5, 5.41) is 2.69. The standard InChI is InChI=1S/C21H23ClN2O7S/c1-29-18-11-14(10-17(22)20(18)30-2)21(26)31-13-19(25)23-15-6-5-7-16(12-15)32(27,28)24-8-3-4-9-24/h5-7,10-12H,3-4,8-9,13H2,1-2H3,(H,23,25). The minimum atomic E-state index is -3.61. The number of sulfonamides is 1. The quantitative estimate of drug-likeness (QED) is 0.576. The fourth-order valence-corrected chi connectivity index (χ4v) is 5.11. The largest absolute Gasteiger partial charge is 0.493 e. The molecule has 1 amide bonds. The van der Waals surface area contributed by atoms with Crippen LogP contribution < -0.4 is 14.8 Å². The van der Waals surface area contributed by atoms with Crippen LogP contribution in [0.4, 0.5) is 5.69 Å². The molecule has 1 aliphatic rings. The predicted molar refractivity (Wildman–Crippen MR) is 118 cm³/mol. The van der Waals surface area contributed by atoms with E-state index in [2.05, 4.69) is 5.32 Å². The second-order valence-electron chi connectivity index (χ2n) is 6.96. The number of halogens is 1. The summed E-state index contributed by atoms with van der Waals surface area (Å²) in [6.07, 6.45) is 1.65. The molecule has 0 spiro atoms. The van der Waals surface area contributed by atoms with E-state index in [1.807, 2.05) is 0 Å². The van der Waals surface area contributed by atoms with E-state index in [0.29, 0.717) is 13.1 Å². The summed E-state index contributed by atoms with van der Waals surface area (Å²) in [5.41, 5.74) is 0.361. The van der Waals surface area contributed by atoms with E-state index >= 15 is 0 Å². The lowest BCUT2D eigenvalue weighted by Gasteiger charge is -2.16. The van der Waals surface area contributed by atoms with Gasteiger partial charge in [-0.25, -0.2) is 13.2 Å². The maximum absolute atomic E-state index is 12.7. The van der Waals surface area contributed by atoms with Crippen molar-refractivity contribution in [2.45, 2.75) is 17.7 Å². The number of carbonyl (C=O) groups excluding carboxylic acids is 2. The first kappa shape index (κ1) is 23.8. The van der Waals surface area contributed by atoms with Crippen molar-refractivity contribution in [2.75, 3.05) is 39.2 Å². The Hall–Kier alpha value is -2.82. The molecule has 0 unspecified atom stereocenters. The summed E-state index contributed by atoms with van der Waals surface area (Å²) < 4.78 is 42.1. The van der Waals surface area contributed by atoms with Crippen LogP contribution in [-0.2, 0) is 19.6 Å². The predicted octanol–water partition coefficient (Wildman–Crippen LogP) is 2.94. The van der Waals surface area contributed by atoms with Gasteiger partial charge < -0.3 is 19.5 Å². The summed E-state index contributed by atoms with van der Waals surface area (Å²) in [4.78, 5) is 24.6. The smallest absolute Gasteiger partial charge is 0.338 e. The Labute approximate surface area is 191 Å². The molecule has 1 fully saturated rings. The van der Waals surface area contributed by atoms with Crippen LogP contribution in [0.1, 0.15) is 23.2 Å². The van der Waals surface area contributed by atoms with Gasteiger partial charge in [0.15, 0.2) is 18.1 Å². The third kappa shape index (κ3) is 5.32. The first-order chi connectivity index (χ1) is 15.3. The summed E-state index contributed by atoms with van der Waals surface area (Å²) >= 11 is 6.08. The summed E-state index contributed by atoms with van der Waals surface area (Å²) in [5.74, 6) is -0.895. The van der Waals surface area contributed by atoms with Gasteiger partial charge in [0.2, 0.25) is 10.0 Å². The number of anilines is 1. The fraction of sp³-hybridized carbons (Fsp3) is 0.333. The van der Waals surface area contributed by atoms with Gasteiger partial charge in [0.05, 0.1) is 29.7 Å². The molecule has 1 saturated heterocycles. The molecule has 2 aromatic rings. The number of hydrogen-bond acceptors (Lipinski definition) is 7. The van der Waals surface area contributed by atoms with E-state index in [1.54, 1.807) is 6.07 Å². The van der Waals surface area contributed by atoms with Gasteiger partial charge in [0.1, 0.15) is 0 Å². The topological polar surface area (TPSA) is 111 Å². The second kappa shape index (κ2) is 10.2. The highest BCUT2D eigenvalue weighted by atomic mass is 35.5. The van der Waals surface area contributed by atoms with Crippen molar-refractivity contribution in [3.63, 3.8) is 0 Å². The molecule has 2 aromatic carbocycles. The second-order valence-corrected chi connectivity index (χ2v) is 9.30.